The molecular formula is C15H17ClNO3-. The summed E-state index contributed by atoms with van der Waals surface area (Å²) >= 11 is 0. The van der Waals surface area contributed by atoms with Crippen molar-refractivity contribution in [1.82, 2.24) is 4.98 Å². The van der Waals surface area contributed by atoms with E-state index in [0.717, 1.165) is 12.0 Å². The Bertz CT molecular complexity index is 546. The van der Waals surface area contributed by atoms with Crippen molar-refractivity contribution in [3.8, 4) is 5.75 Å². The summed E-state index contributed by atoms with van der Waals surface area (Å²) < 4.78 is 0. The minimum atomic E-state index is -0.264. The van der Waals surface area contributed by atoms with Gasteiger partial charge in [-0.15, -0.1) is 0 Å². The Morgan fingerprint density at radius 2 is 1.65 bits per heavy atom. The molecule has 0 fully saturated rings. The van der Waals surface area contributed by atoms with E-state index in [1.807, 2.05) is 30.3 Å². The summed E-state index contributed by atoms with van der Waals surface area (Å²) in [4.78, 5) is 4.20. The third-order valence-corrected chi connectivity index (χ3v) is 3.02. The fourth-order valence-electron chi connectivity index (χ4n) is 2.00. The smallest absolute Gasteiger partial charge is 0.142 e. The predicted octanol–water partition coefficient (Wildman–Crippen LogP) is -1.44. The molecular weight excluding hydrogens is 278 g/mol. The van der Waals surface area contributed by atoms with Crippen LogP contribution in [0.2, 0.25) is 0 Å². The van der Waals surface area contributed by atoms with E-state index in [1.54, 1.807) is 0 Å². The summed E-state index contributed by atoms with van der Waals surface area (Å²) in [6.45, 7) is -0.467. The molecule has 0 unspecified atom stereocenters. The van der Waals surface area contributed by atoms with Crippen LogP contribution in [0.1, 0.15) is 22.5 Å². The second-order valence-electron chi connectivity index (χ2n) is 4.37. The highest BCUT2D eigenvalue weighted by Crippen LogP contribution is 2.23. The number of aliphatic hydroxyl groups excluding tert-OH is 2. The average Bonchev–Trinajstić information content (AvgIpc) is 2.47. The minimum Gasteiger partial charge on any atom is -1.00 e. The monoisotopic (exact) mass is 294 g/mol. The van der Waals surface area contributed by atoms with Gasteiger partial charge in [0.2, 0.25) is 0 Å². The molecule has 0 saturated heterocycles. The molecule has 0 atom stereocenters. The van der Waals surface area contributed by atoms with Crippen LogP contribution in [0.15, 0.2) is 36.4 Å². The van der Waals surface area contributed by atoms with E-state index < -0.39 is 0 Å². The number of halogens is 1. The summed E-state index contributed by atoms with van der Waals surface area (Å²) in [5, 5.41) is 28.3. The van der Waals surface area contributed by atoms with E-state index in [0.29, 0.717) is 23.4 Å². The third-order valence-electron chi connectivity index (χ3n) is 3.02. The average molecular weight is 295 g/mol. The highest BCUT2D eigenvalue weighted by Gasteiger charge is 2.11. The van der Waals surface area contributed by atoms with Crippen molar-refractivity contribution in [3.05, 3.63) is 58.9 Å². The molecule has 0 saturated carbocycles. The van der Waals surface area contributed by atoms with Crippen molar-refractivity contribution in [3.63, 3.8) is 0 Å². The first-order valence-corrected chi connectivity index (χ1v) is 6.21. The van der Waals surface area contributed by atoms with E-state index in [4.69, 9.17) is 5.11 Å². The van der Waals surface area contributed by atoms with Gasteiger partial charge in [-0.05, 0) is 24.5 Å². The Morgan fingerprint density at radius 3 is 2.25 bits per heavy atom. The fraction of sp³-hybridized carbons (Fsp3) is 0.267. The maximum atomic E-state index is 9.98. The Kier molecular flexibility index (Phi) is 6.45. The number of aromatic hydroxyl groups is 1. The summed E-state index contributed by atoms with van der Waals surface area (Å²) in [7, 11) is 0. The van der Waals surface area contributed by atoms with Crippen LogP contribution < -0.4 is 12.4 Å². The van der Waals surface area contributed by atoms with Gasteiger partial charge in [0.05, 0.1) is 24.6 Å². The molecule has 0 aliphatic heterocycles. The molecule has 1 aromatic heterocycles. The van der Waals surface area contributed by atoms with E-state index in [1.165, 1.54) is 6.07 Å². The second kappa shape index (κ2) is 7.85. The minimum absolute atomic E-state index is 0. The van der Waals surface area contributed by atoms with Gasteiger partial charge in [-0.2, -0.15) is 0 Å². The predicted molar refractivity (Wildman–Crippen MR) is 71.6 cm³/mol. The SMILES string of the molecule is OCc1cc(CO)c(O)c(CCc2ccccc2)n1.[Cl-]. The zero-order valence-corrected chi connectivity index (χ0v) is 11.7. The first-order valence-electron chi connectivity index (χ1n) is 6.21. The van der Waals surface area contributed by atoms with E-state index in [-0.39, 0.29) is 31.4 Å². The number of nitrogens with zero attached hydrogens (tertiary/aromatic N) is 1. The molecule has 0 spiro atoms. The summed E-state index contributed by atoms with van der Waals surface area (Å²) in [5.41, 5.74) is 2.54. The maximum Gasteiger partial charge on any atom is 0.142 e. The topological polar surface area (TPSA) is 73.6 Å². The lowest BCUT2D eigenvalue weighted by atomic mass is 10.1. The standard InChI is InChI=1S/C15H17NO3.ClH/c17-9-12-8-13(10-18)16-14(15(12)19)7-6-11-4-2-1-3-5-11;/h1-5,8,17-19H,6-7,9-10H2;1H/p-1. The van der Waals surface area contributed by atoms with Crippen LogP contribution in [0.4, 0.5) is 0 Å². The van der Waals surface area contributed by atoms with Crippen LogP contribution >= 0.6 is 0 Å². The molecule has 1 heterocycles. The zero-order valence-electron chi connectivity index (χ0n) is 11.0. The van der Waals surface area contributed by atoms with Gasteiger partial charge in [-0.25, -0.2) is 0 Å². The third kappa shape index (κ3) is 3.93. The largest absolute Gasteiger partial charge is 1.00 e. The van der Waals surface area contributed by atoms with Crippen LogP contribution in [-0.2, 0) is 26.1 Å². The normalized spacial score (nSPS) is 10.1. The number of rotatable bonds is 5. The zero-order chi connectivity index (χ0) is 13.7. The molecule has 1 aromatic carbocycles. The molecule has 2 aromatic rings. The number of pyridine rings is 1. The maximum absolute atomic E-state index is 9.98. The van der Waals surface area contributed by atoms with Crippen molar-refractivity contribution in [2.45, 2.75) is 26.1 Å². The van der Waals surface area contributed by atoms with Gasteiger partial charge >= 0.3 is 0 Å². The molecule has 0 bridgehead atoms. The molecule has 2 rings (SSSR count). The summed E-state index contributed by atoms with van der Waals surface area (Å²) in [6.07, 6.45) is 1.32. The lowest BCUT2D eigenvalue weighted by molar-refractivity contribution is -0.00000690. The lowest BCUT2D eigenvalue weighted by Crippen LogP contribution is -3.00. The van der Waals surface area contributed by atoms with Crippen molar-refractivity contribution in [1.29, 1.82) is 0 Å². The second-order valence-corrected chi connectivity index (χ2v) is 4.37. The van der Waals surface area contributed by atoms with Crippen molar-refractivity contribution < 1.29 is 27.7 Å². The Morgan fingerprint density at radius 1 is 0.950 bits per heavy atom. The Balaban J connectivity index is 0.00000200. The highest BCUT2D eigenvalue weighted by atomic mass is 35.5. The Hall–Kier alpha value is -1.62. The first-order chi connectivity index (χ1) is 9.24. The van der Waals surface area contributed by atoms with Crippen LogP contribution in [0.25, 0.3) is 0 Å². The van der Waals surface area contributed by atoms with Crippen LogP contribution in [-0.4, -0.2) is 20.3 Å². The molecule has 20 heavy (non-hydrogen) atoms. The molecule has 108 valence electrons. The van der Waals surface area contributed by atoms with E-state index in [2.05, 4.69) is 4.98 Å². The fourth-order valence-corrected chi connectivity index (χ4v) is 2.00. The number of hydrogen-bond acceptors (Lipinski definition) is 4. The highest BCUT2D eigenvalue weighted by molar-refractivity contribution is 5.38. The Labute approximate surface area is 124 Å². The molecule has 0 amide bonds. The van der Waals surface area contributed by atoms with Crippen molar-refractivity contribution in [2.75, 3.05) is 0 Å². The van der Waals surface area contributed by atoms with Gasteiger partial charge in [-0.3, -0.25) is 4.98 Å². The molecule has 0 aliphatic carbocycles. The van der Waals surface area contributed by atoms with Crippen LogP contribution in [0.5, 0.6) is 5.75 Å². The molecule has 4 nitrogen and oxygen atoms in total. The van der Waals surface area contributed by atoms with Crippen molar-refractivity contribution in [2.24, 2.45) is 0 Å². The van der Waals surface area contributed by atoms with Crippen molar-refractivity contribution >= 4 is 0 Å². The number of aromatic nitrogens is 1. The molecule has 0 radical (unpaired) electrons. The van der Waals surface area contributed by atoms with Gasteiger partial charge in [-0.1, -0.05) is 30.3 Å². The van der Waals surface area contributed by atoms with Gasteiger partial charge < -0.3 is 27.7 Å². The number of hydrogen-bond donors (Lipinski definition) is 3. The van der Waals surface area contributed by atoms with Gasteiger partial charge in [0.25, 0.3) is 0 Å². The van der Waals surface area contributed by atoms with Gasteiger partial charge in [0.15, 0.2) is 0 Å². The summed E-state index contributed by atoms with van der Waals surface area (Å²) in [5.74, 6) is 0.0237. The first kappa shape index (κ1) is 16.4. The van der Waals surface area contributed by atoms with Crippen LogP contribution in [0.3, 0.4) is 0 Å². The molecule has 3 N–H and O–H groups in total. The van der Waals surface area contributed by atoms with E-state index in [9.17, 15) is 10.2 Å². The van der Waals surface area contributed by atoms with Crippen LogP contribution in [0, 0.1) is 0 Å². The van der Waals surface area contributed by atoms with Gasteiger partial charge in [0, 0.05) is 5.56 Å². The number of aryl methyl sites for hydroxylation is 2. The molecule has 0 aliphatic rings. The van der Waals surface area contributed by atoms with Gasteiger partial charge in [0.1, 0.15) is 5.75 Å². The van der Waals surface area contributed by atoms with E-state index >= 15 is 0 Å². The summed E-state index contributed by atoms with van der Waals surface area (Å²) in [6, 6.07) is 11.4. The number of aliphatic hydroxyl groups is 2. The number of benzene rings is 1. The molecule has 5 heteroatoms. The quantitative estimate of drug-likeness (QED) is 0.632. The lowest BCUT2D eigenvalue weighted by Gasteiger charge is -2.10.